The summed E-state index contributed by atoms with van der Waals surface area (Å²) in [6, 6.07) is 14.3. The molecule has 0 atom stereocenters. The third-order valence-electron chi connectivity index (χ3n) is 3.07. The van der Waals surface area contributed by atoms with Crippen LogP contribution in [0.5, 0.6) is 0 Å². The fourth-order valence-corrected chi connectivity index (χ4v) is 3.86. The Labute approximate surface area is 132 Å². The number of nitrogens with one attached hydrogen (secondary N) is 1. The highest BCUT2D eigenvalue weighted by atomic mass is 32.2. The van der Waals surface area contributed by atoms with Crippen molar-refractivity contribution < 1.29 is 8.42 Å². The minimum absolute atomic E-state index is 0.111. The van der Waals surface area contributed by atoms with Gasteiger partial charge in [0.15, 0.2) is 5.13 Å². The molecule has 112 valence electrons. The predicted molar refractivity (Wildman–Crippen MR) is 89.2 cm³/mol. The molecule has 2 aromatic carbocycles. The minimum Gasteiger partial charge on any atom is -0.398 e. The minimum atomic E-state index is -3.69. The van der Waals surface area contributed by atoms with E-state index in [2.05, 4.69) is 9.71 Å². The topological polar surface area (TPSA) is 85.1 Å². The molecule has 3 aromatic rings. The van der Waals surface area contributed by atoms with E-state index >= 15 is 0 Å². The Balaban J connectivity index is 1.95. The van der Waals surface area contributed by atoms with E-state index in [1.807, 2.05) is 30.3 Å². The van der Waals surface area contributed by atoms with Crippen LogP contribution in [0, 0.1) is 0 Å². The number of nitrogen functional groups attached to an aromatic ring is 1. The lowest BCUT2D eigenvalue weighted by atomic mass is 10.0. The van der Waals surface area contributed by atoms with Crippen LogP contribution < -0.4 is 10.5 Å². The molecule has 0 radical (unpaired) electrons. The van der Waals surface area contributed by atoms with Gasteiger partial charge in [0.2, 0.25) is 0 Å². The molecule has 3 N–H and O–H groups in total. The number of hydrogen-bond donors (Lipinski definition) is 2. The maximum atomic E-state index is 12.3. The van der Waals surface area contributed by atoms with Crippen LogP contribution in [0.1, 0.15) is 0 Å². The second-order valence-electron chi connectivity index (χ2n) is 4.56. The van der Waals surface area contributed by atoms with E-state index in [4.69, 9.17) is 5.73 Å². The highest BCUT2D eigenvalue weighted by molar-refractivity contribution is 7.93. The van der Waals surface area contributed by atoms with Crippen LogP contribution in [0.15, 0.2) is 65.0 Å². The average Bonchev–Trinajstić information content (AvgIpc) is 3.00. The zero-order chi connectivity index (χ0) is 15.6. The first-order chi connectivity index (χ1) is 10.6. The first kappa shape index (κ1) is 14.6. The number of nitrogens with two attached hydrogens (primary N) is 1. The van der Waals surface area contributed by atoms with Crippen LogP contribution >= 0.6 is 11.3 Å². The van der Waals surface area contributed by atoms with Crippen LogP contribution in [0.4, 0.5) is 10.8 Å². The molecule has 0 unspecified atom stereocenters. The Kier molecular flexibility index (Phi) is 3.82. The van der Waals surface area contributed by atoms with Gasteiger partial charge in [0.25, 0.3) is 10.0 Å². The van der Waals surface area contributed by atoms with Gasteiger partial charge in [0, 0.05) is 22.8 Å². The molecule has 22 heavy (non-hydrogen) atoms. The van der Waals surface area contributed by atoms with E-state index in [0.717, 1.165) is 11.1 Å². The fraction of sp³-hybridized carbons (Fsp3) is 0. The van der Waals surface area contributed by atoms with Crippen molar-refractivity contribution in [2.24, 2.45) is 0 Å². The maximum absolute atomic E-state index is 12.3. The van der Waals surface area contributed by atoms with Crippen molar-refractivity contribution in [1.82, 2.24) is 4.98 Å². The molecule has 0 fully saturated rings. The molecule has 0 bridgehead atoms. The van der Waals surface area contributed by atoms with Gasteiger partial charge in [-0.05, 0) is 17.7 Å². The molecule has 0 saturated carbocycles. The molecule has 7 heteroatoms. The summed E-state index contributed by atoms with van der Waals surface area (Å²) in [5.74, 6) is 0. The smallest absolute Gasteiger partial charge is 0.263 e. The second-order valence-corrected chi connectivity index (χ2v) is 7.13. The van der Waals surface area contributed by atoms with E-state index < -0.39 is 10.0 Å². The summed E-state index contributed by atoms with van der Waals surface area (Å²) in [5, 5.41) is 2.02. The van der Waals surface area contributed by atoms with Gasteiger partial charge in [-0.25, -0.2) is 13.4 Å². The molecule has 0 aliphatic rings. The maximum Gasteiger partial charge on any atom is 0.263 e. The van der Waals surface area contributed by atoms with Gasteiger partial charge in [-0.15, -0.1) is 11.3 Å². The number of aromatic nitrogens is 1. The molecule has 0 aliphatic carbocycles. The first-order valence-corrected chi connectivity index (χ1v) is 8.80. The third kappa shape index (κ3) is 2.95. The van der Waals surface area contributed by atoms with E-state index in [-0.39, 0.29) is 4.90 Å². The number of hydrogen-bond acceptors (Lipinski definition) is 5. The van der Waals surface area contributed by atoms with E-state index in [9.17, 15) is 8.42 Å². The number of benzene rings is 2. The summed E-state index contributed by atoms with van der Waals surface area (Å²) in [6.07, 6.45) is 1.54. The number of sulfonamides is 1. The Morgan fingerprint density at radius 2 is 1.86 bits per heavy atom. The summed E-state index contributed by atoms with van der Waals surface area (Å²) in [5.41, 5.74) is 8.17. The number of nitrogens with zero attached hydrogens (tertiary/aromatic N) is 1. The van der Waals surface area contributed by atoms with Gasteiger partial charge in [-0.2, -0.15) is 0 Å². The zero-order valence-corrected chi connectivity index (χ0v) is 13.1. The Bertz CT molecular complexity index is 876. The lowest BCUT2D eigenvalue weighted by molar-refractivity contribution is 0.601. The number of rotatable bonds is 4. The lowest BCUT2D eigenvalue weighted by Crippen LogP contribution is -2.13. The van der Waals surface area contributed by atoms with E-state index in [0.29, 0.717) is 10.8 Å². The number of thiazole rings is 1. The molecule has 5 nitrogen and oxygen atoms in total. The average molecular weight is 331 g/mol. The van der Waals surface area contributed by atoms with Crippen molar-refractivity contribution in [2.45, 2.75) is 4.90 Å². The molecule has 0 aliphatic heterocycles. The van der Waals surface area contributed by atoms with Crippen molar-refractivity contribution in [1.29, 1.82) is 0 Å². The van der Waals surface area contributed by atoms with Gasteiger partial charge in [-0.3, -0.25) is 4.72 Å². The summed E-state index contributed by atoms with van der Waals surface area (Å²) in [6.45, 7) is 0. The fourth-order valence-electron chi connectivity index (χ4n) is 2.04. The second kappa shape index (κ2) is 5.78. The summed E-state index contributed by atoms with van der Waals surface area (Å²) >= 11 is 1.22. The van der Waals surface area contributed by atoms with Gasteiger partial charge in [-0.1, -0.05) is 36.4 Å². The molecule has 3 rings (SSSR count). The monoisotopic (exact) mass is 331 g/mol. The molecule has 1 heterocycles. The third-order valence-corrected chi connectivity index (χ3v) is 5.23. The van der Waals surface area contributed by atoms with E-state index in [1.165, 1.54) is 29.7 Å². The molecule has 0 amide bonds. The van der Waals surface area contributed by atoms with Gasteiger partial charge in [0.1, 0.15) is 0 Å². The largest absolute Gasteiger partial charge is 0.398 e. The van der Waals surface area contributed by atoms with Crippen molar-refractivity contribution in [2.75, 3.05) is 10.5 Å². The zero-order valence-electron chi connectivity index (χ0n) is 11.4. The van der Waals surface area contributed by atoms with Crippen molar-refractivity contribution in [3.05, 3.63) is 60.1 Å². The lowest BCUT2D eigenvalue weighted by Gasteiger charge is -2.10. The summed E-state index contributed by atoms with van der Waals surface area (Å²) in [4.78, 5) is 4.02. The SMILES string of the molecule is Nc1cc(S(=O)(=O)Nc2nccs2)ccc1-c1ccccc1. The van der Waals surface area contributed by atoms with E-state index in [1.54, 1.807) is 11.4 Å². The van der Waals surface area contributed by atoms with Crippen LogP contribution in [0.2, 0.25) is 0 Å². The van der Waals surface area contributed by atoms with Crippen molar-refractivity contribution >= 4 is 32.2 Å². The quantitative estimate of drug-likeness (QED) is 0.719. The first-order valence-electron chi connectivity index (χ1n) is 6.43. The van der Waals surface area contributed by atoms with Crippen molar-refractivity contribution in [3.8, 4) is 11.1 Å². The normalized spacial score (nSPS) is 11.3. The Morgan fingerprint density at radius 3 is 2.50 bits per heavy atom. The van der Waals surface area contributed by atoms with Gasteiger partial charge >= 0.3 is 0 Å². The van der Waals surface area contributed by atoms with Gasteiger partial charge in [0.05, 0.1) is 4.90 Å². The van der Waals surface area contributed by atoms with Crippen LogP contribution in [0.25, 0.3) is 11.1 Å². The standard InChI is InChI=1S/C15H13N3O2S2/c16-14-10-12(22(19,20)18-15-17-8-9-21-15)6-7-13(14)11-4-2-1-3-5-11/h1-10H,16H2,(H,17,18). The molecular weight excluding hydrogens is 318 g/mol. The molecular formula is C15H13N3O2S2. The van der Waals surface area contributed by atoms with Crippen molar-refractivity contribution in [3.63, 3.8) is 0 Å². The van der Waals surface area contributed by atoms with Gasteiger partial charge < -0.3 is 5.73 Å². The summed E-state index contributed by atoms with van der Waals surface area (Å²) < 4.78 is 27.0. The molecule has 1 aromatic heterocycles. The van der Waals surface area contributed by atoms with Crippen LogP contribution in [-0.4, -0.2) is 13.4 Å². The van der Waals surface area contributed by atoms with Crippen LogP contribution in [0.3, 0.4) is 0 Å². The molecule has 0 saturated heterocycles. The van der Waals surface area contributed by atoms with Crippen LogP contribution in [-0.2, 0) is 10.0 Å². The Hall–Kier alpha value is -2.38. The molecule has 0 spiro atoms. The highest BCUT2D eigenvalue weighted by Gasteiger charge is 2.17. The number of anilines is 2. The Morgan fingerprint density at radius 1 is 1.09 bits per heavy atom. The highest BCUT2D eigenvalue weighted by Crippen LogP contribution is 2.28. The predicted octanol–water partition coefficient (Wildman–Crippen LogP) is 3.19. The summed E-state index contributed by atoms with van der Waals surface area (Å²) in [7, 11) is -3.69.